The van der Waals surface area contributed by atoms with Crippen LogP contribution in [0.1, 0.15) is 16.2 Å². The number of aromatic nitrogens is 4. The van der Waals surface area contributed by atoms with Gasteiger partial charge in [0.2, 0.25) is 0 Å². The van der Waals surface area contributed by atoms with Crippen LogP contribution in [0.2, 0.25) is 0 Å². The first-order chi connectivity index (χ1) is 9.02. The van der Waals surface area contributed by atoms with Crippen LogP contribution in [0, 0.1) is 17.0 Å². The van der Waals surface area contributed by atoms with E-state index in [0.29, 0.717) is 5.69 Å². The third kappa shape index (κ3) is 2.39. The molecule has 2 aromatic heterocycles. The predicted molar refractivity (Wildman–Crippen MR) is 61.9 cm³/mol. The van der Waals surface area contributed by atoms with Crippen LogP contribution in [-0.2, 0) is 4.74 Å². The van der Waals surface area contributed by atoms with Crippen molar-refractivity contribution < 1.29 is 14.5 Å². The van der Waals surface area contributed by atoms with E-state index in [2.05, 4.69) is 19.8 Å². The zero-order chi connectivity index (χ0) is 14.0. The molecule has 0 fully saturated rings. The minimum absolute atomic E-state index is 0.00227. The molecule has 2 aromatic rings. The lowest BCUT2D eigenvalue weighted by Crippen LogP contribution is -2.09. The maximum absolute atomic E-state index is 11.3. The summed E-state index contributed by atoms with van der Waals surface area (Å²) in [5.74, 6) is -0.745. The van der Waals surface area contributed by atoms with E-state index in [1.54, 1.807) is 6.92 Å². The number of rotatable bonds is 3. The summed E-state index contributed by atoms with van der Waals surface area (Å²) in [5.41, 5.74) is 0.501. The van der Waals surface area contributed by atoms with Crippen molar-refractivity contribution in [1.82, 2.24) is 19.7 Å². The first kappa shape index (κ1) is 12.6. The highest BCUT2D eigenvalue weighted by atomic mass is 16.6. The molecule has 0 aromatic carbocycles. The summed E-state index contributed by atoms with van der Waals surface area (Å²) in [5, 5.41) is 14.4. The quantitative estimate of drug-likeness (QED) is 0.454. The molecule has 0 amide bonds. The van der Waals surface area contributed by atoms with E-state index in [1.165, 1.54) is 30.3 Å². The number of nitrogens with zero attached hydrogens (tertiary/aromatic N) is 5. The van der Waals surface area contributed by atoms with Gasteiger partial charge >= 0.3 is 11.8 Å². The first-order valence-electron chi connectivity index (χ1n) is 5.14. The van der Waals surface area contributed by atoms with Gasteiger partial charge in [-0.05, 0) is 11.8 Å². The van der Waals surface area contributed by atoms with Crippen LogP contribution in [0.4, 0.5) is 5.82 Å². The molecule has 2 heterocycles. The second kappa shape index (κ2) is 4.80. The summed E-state index contributed by atoms with van der Waals surface area (Å²) in [6.45, 7) is 1.63. The molecule has 19 heavy (non-hydrogen) atoms. The zero-order valence-electron chi connectivity index (χ0n) is 10.1. The van der Waals surface area contributed by atoms with Crippen LogP contribution >= 0.6 is 0 Å². The molecule has 0 spiro atoms. The molecule has 0 N–H and O–H groups in total. The number of aryl methyl sites for hydroxylation is 1. The summed E-state index contributed by atoms with van der Waals surface area (Å²) in [6, 6.07) is 1.30. The first-order valence-corrected chi connectivity index (χ1v) is 5.14. The highest BCUT2D eigenvalue weighted by Gasteiger charge is 2.19. The lowest BCUT2D eigenvalue weighted by molar-refractivity contribution is -0.389. The van der Waals surface area contributed by atoms with E-state index in [4.69, 9.17) is 0 Å². The maximum atomic E-state index is 11.3. The Morgan fingerprint density at radius 3 is 2.79 bits per heavy atom. The van der Waals surface area contributed by atoms with Crippen molar-refractivity contribution in [3.8, 4) is 5.82 Å². The van der Waals surface area contributed by atoms with Crippen molar-refractivity contribution in [2.45, 2.75) is 6.92 Å². The number of methoxy groups -OCH3 is 1. The molecule has 0 atom stereocenters. The molecular weight excluding hydrogens is 254 g/mol. The minimum Gasteiger partial charge on any atom is -0.464 e. The molecule has 9 heteroatoms. The Labute approximate surface area is 107 Å². The largest absolute Gasteiger partial charge is 0.464 e. The van der Waals surface area contributed by atoms with Gasteiger partial charge in [0.1, 0.15) is 0 Å². The van der Waals surface area contributed by atoms with Crippen molar-refractivity contribution in [3.05, 3.63) is 40.0 Å². The van der Waals surface area contributed by atoms with Crippen LogP contribution in [0.15, 0.2) is 18.5 Å². The monoisotopic (exact) mass is 263 g/mol. The van der Waals surface area contributed by atoms with Crippen molar-refractivity contribution in [3.63, 3.8) is 0 Å². The van der Waals surface area contributed by atoms with E-state index >= 15 is 0 Å². The molecule has 98 valence electrons. The summed E-state index contributed by atoms with van der Waals surface area (Å²) in [6.07, 6.45) is 2.58. The SMILES string of the molecule is COC(=O)c1cncc(-n2nc([N+](=O)[O-])cc2C)n1. The second-order valence-corrected chi connectivity index (χ2v) is 3.57. The highest BCUT2D eigenvalue weighted by Crippen LogP contribution is 2.14. The van der Waals surface area contributed by atoms with Crippen molar-refractivity contribution in [1.29, 1.82) is 0 Å². The van der Waals surface area contributed by atoms with E-state index in [-0.39, 0.29) is 17.3 Å². The van der Waals surface area contributed by atoms with E-state index in [9.17, 15) is 14.9 Å². The summed E-state index contributed by atoms with van der Waals surface area (Å²) in [4.78, 5) is 29.2. The van der Waals surface area contributed by atoms with Gasteiger partial charge in [-0.1, -0.05) is 0 Å². The zero-order valence-corrected chi connectivity index (χ0v) is 10.1. The fourth-order valence-electron chi connectivity index (χ4n) is 1.44. The lowest BCUT2D eigenvalue weighted by Gasteiger charge is -2.01. The Morgan fingerprint density at radius 2 is 2.21 bits per heavy atom. The fourth-order valence-corrected chi connectivity index (χ4v) is 1.44. The normalized spacial score (nSPS) is 10.2. The maximum Gasteiger partial charge on any atom is 0.390 e. The Kier molecular flexibility index (Phi) is 3.19. The summed E-state index contributed by atoms with van der Waals surface area (Å²) >= 11 is 0. The van der Waals surface area contributed by atoms with Crippen LogP contribution < -0.4 is 0 Å². The predicted octanol–water partition coefficient (Wildman–Crippen LogP) is 0.666. The molecule has 0 saturated carbocycles. The standard InChI is InChI=1S/C10H9N5O4/c1-6-3-8(15(17)18)13-14(6)9-5-11-4-7(12-9)10(16)19-2/h3-5H,1-2H3. The van der Waals surface area contributed by atoms with Crippen LogP contribution in [0.5, 0.6) is 0 Å². The number of nitro groups is 1. The Balaban J connectivity index is 2.47. The van der Waals surface area contributed by atoms with Gasteiger partial charge in [0.05, 0.1) is 36.4 Å². The van der Waals surface area contributed by atoms with Gasteiger partial charge in [0.25, 0.3) is 0 Å². The lowest BCUT2D eigenvalue weighted by atomic mass is 10.4. The molecule has 0 aliphatic rings. The summed E-state index contributed by atoms with van der Waals surface area (Å²) in [7, 11) is 1.22. The number of hydrogen-bond acceptors (Lipinski definition) is 7. The number of esters is 1. The van der Waals surface area contributed by atoms with Gasteiger partial charge in [-0.3, -0.25) is 4.98 Å². The fraction of sp³-hybridized carbons (Fsp3) is 0.200. The molecular formula is C10H9N5O4. The van der Waals surface area contributed by atoms with Crippen molar-refractivity contribution in [2.75, 3.05) is 7.11 Å². The topological polar surface area (TPSA) is 113 Å². The molecule has 0 bridgehead atoms. The number of carbonyl (C=O) groups is 1. The summed E-state index contributed by atoms with van der Waals surface area (Å²) < 4.78 is 5.76. The minimum atomic E-state index is -0.645. The van der Waals surface area contributed by atoms with E-state index in [0.717, 1.165) is 0 Å². The Bertz CT molecular complexity index is 651. The average molecular weight is 263 g/mol. The van der Waals surface area contributed by atoms with E-state index in [1.807, 2.05) is 0 Å². The van der Waals surface area contributed by atoms with Gasteiger partial charge in [-0.25, -0.2) is 9.78 Å². The van der Waals surface area contributed by atoms with Crippen molar-refractivity contribution >= 4 is 11.8 Å². The van der Waals surface area contributed by atoms with Gasteiger partial charge < -0.3 is 14.9 Å². The molecule has 0 unspecified atom stereocenters. The average Bonchev–Trinajstić information content (AvgIpc) is 2.80. The van der Waals surface area contributed by atoms with Gasteiger partial charge in [0, 0.05) is 0 Å². The molecule has 2 rings (SSSR count). The third-order valence-corrected chi connectivity index (χ3v) is 2.29. The molecule has 0 aliphatic heterocycles. The van der Waals surface area contributed by atoms with E-state index < -0.39 is 10.9 Å². The second-order valence-electron chi connectivity index (χ2n) is 3.57. The molecule has 0 saturated heterocycles. The number of hydrogen-bond donors (Lipinski definition) is 0. The van der Waals surface area contributed by atoms with Crippen LogP contribution in [0.25, 0.3) is 5.82 Å². The Hall–Kier alpha value is -2.84. The number of carbonyl (C=O) groups excluding carboxylic acids is 1. The van der Waals surface area contributed by atoms with Crippen molar-refractivity contribution in [2.24, 2.45) is 0 Å². The van der Waals surface area contributed by atoms with Crippen LogP contribution in [0.3, 0.4) is 0 Å². The Morgan fingerprint density at radius 1 is 1.47 bits per heavy atom. The van der Waals surface area contributed by atoms with Gasteiger partial charge in [-0.2, -0.15) is 0 Å². The highest BCUT2D eigenvalue weighted by molar-refractivity contribution is 5.86. The molecule has 9 nitrogen and oxygen atoms in total. The smallest absolute Gasteiger partial charge is 0.390 e. The van der Waals surface area contributed by atoms with Gasteiger partial charge in [-0.15, -0.1) is 4.68 Å². The van der Waals surface area contributed by atoms with Gasteiger partial charge in [0.15, 0.2) is 11.5 Å². The van der Waals surface area contributed by atoms with Crippen LogP contribution in [-0.4, -0.2) is 37.8 Å². The molecule has 0 radical (unpaired) electrons. The molecule has 0 aliphatic carbocycles. The third-order valence-electron chi connectivity index (χ3n) is 2.29. The number of ether oxygens (including phenoxy) is 1.